The molecule has 89 heavy (non-hydrogen) atoms. The molecule has 0 amide bonds. The standard InChI is InChI=1S/C9H14O.C9H14S.C8H7N.C6H10O.C6H10S.C5H5N.C4H8O.C4H4O.C3H3NO.C3H3NS.10C2H6/c2*1-2-6-7(3-1)9-5-4-8(6)10-9;1-2-4-8-7(3-1)5-6-9-8;2*1-2-6-4-3-5(1)7-6;1-2-4-6-5-3-1;2*1-2-4-5-3-1;2*1-2-5-3-4-1;10*1-2/h2*6-9H,1-5H2;1-6,9H;2*5-6H,1-4H2;1-5H;1-4H2;1-4H;2*1-3H;10*1-2H3. The highest BCUT2D eigenvalue weighted by Gasteiger charge is 2.51. The predicted molar refractivity (Wildman–Crippen MR) is 398 cm³/mol. The van der Waals surface area contributed by atoms with Gasteiger partial charge < -0.3 is 28.0 Å². The number of rotatable bonds is 0. The zero-order valence-corrected chi connectivity index (χ0v) is 63.2. The summed E-state index contributed by atoms with van der Waals surface area (Å²) in [5.74, 6) is 4.31. The quantitative estimate of drug-likeness (QED) is 0.158. The Bertz CT molecular complexity index is 1820. The molecule has 0 radical (unpaired) electrons. The first-order valence-electron chi connectivity index (χ1n) is 36.4. The number of thioether (sulfide) groups is 2. The Labute approximate surface area is 562 Å². The van der Waals surface area contributed by atoms with Crippen molar-refractivity contribution < 1.29 is 23.0 Å². The zero-order chi connectivity index (χ0) is 67.0. The van der Waals surface area contributed by atoms with E-state index in [1.165, 1.54) is 132 Å². The van der Waals surface area contributed by atoms with Crippen LogP contribution in [-0.2, 0) is 14.2 Å². The fraction of sp³-hybridized carbons (Fsp3) is 0.701. The number of hydrogen-bond acceptors (Lipinski definition) is 11. The van der Waals surface area contributed by atoms with E-state index in [1.54, 1.807) is 86.3 Å². The molecule has 1 aromatic carbocycles. The molecule has 2 aliphatic carbocycles. The van der Waals surface area contributed by atoms with Gasteiger partial charge in [-0.2, -0.15) is 23.5 Å². The van der Waals surface area contributed by atoms with E-state index in [2.05, 4.69) is 70.5 Å². The van der Waals surface area contributed by atoms with E-state index in [9.17, 15) is 0 Å². The average Bonchev–Trinajstić information content (AvgIpc) is 1.76. The zero-order valence-electron chi connectivity index (χ0n) is 60.7. The lowest BCUT2D eigenvalue weighted by atomic mass is 9.82. The van der Waals surface area contributed by atoms with Gasteiger partial charge in [0.2, 0.25) is 0 Å². The van der Waals surface area contributed by atoms with Crippen LogP contribution in [0.3, 0.4) is 0 Å². The number of thiazole rings is 1. The van der Waals surface area contributed by atoms with E-state index in [0.717, 1.165) is 46.0 Å². The van der Waals surface area contributed by atoms with Gasteiger partial charge in [-0.1, -0.05) is 176 Å². The third-order valence-electron chi connectivity index (χ3n) is 15.3. The van der Waals surface area contributed by atoms with Crippen LogP contribution in [-0.4, -0.2) is 78.6 Å². The van der Waals surface area contributed by atoms with Gasteiger partial charge in [0, 0.05) is 69.9 Å². The van der Waals surface area contributed by atoms with E-state index < -0.39 is 0 Å². The summed E-state index contributed by atoms with van der Waals surface area (Å²) in [7, 11) is 0. The predicted octanol–water partition coefficient (Wildman–Crippen LogP) is 25.4. The molecule has 1 N–H and O–H groups in total. The van der Waals surface area contributed by atoms with Gasteiger partial charge >= 0.3 is 0 Å². The Morgan fingerprint density at radius 2 is 0.888 bits per heavy atom. The number of ether oxygens (including phenoxy) is 3. The van der Waals surface area contributed by atoms with Crippen LogP contribution in [0.4, 0.5) is 0 Å². The maximum atomic E-state index is 5.84. The first-order valence-corrected chi connectivity index (χ1v) is 39.3. The Kier molecular flexibility index (Phi) is 68.1. The van der Waals surface area contributed by atoms with Crippen LogP contribution in [0.5, 0.6) is 0 Å². The van der Waals surface area contributed by atoms with Crippen LogP contribution < -0.4 is 0 Å². The molecule has 11 aliphatic rings. The van der Waals surface area contributed by atoms with Crippen LogP contribution in [0.15, 0.2) is 137 Å². The van der Waals surface area contributed by atoms with Crippen LogP contribution in [0.25, 0.3) is 10.9 Å². The lowest BCUT2D eigenvalue weighted by molar-refractivity contribution is 0.0814. The maximum absolute atomic E-state index is 5.84. The summed E-state index contributed by atoms with van der Waals surface area (Å²) in [6, 6.07) is 19.7. The van der Waals surface area contributed by atoms with Crippen molar-refractivity contribution in [1.82, 2.24) is 19.9 Å². The number of oxazole rings is 1. The summed E-state index contributed by atoms with van der Waals surface area (Å²) >= 11 is 6.16. The fourth-order valence-electron chi connectivity index (χ4n) is 12.1. The highest BCUT2D eigenvalue weighted by Crippen LogP contribution is 2.59. The van der Waals surface area contributed by atoms with Crippen LogP contribution in [0, 0.1) is 23.7 Å². The Balaban J connectivity index is -0.000000902. The van der Waals surface area contributed by atoms with Crippen molar-refractivity contribution in [2.75, 3.05) is 13.2 Å². The van der Waals surface area contributed by atoms with Gasteiger partial charge in [-0.25, -0.2) is 4.98 Å². The third kappa shape index (κ3) is 39.0. The van der Waals surface area contributed by atoms with E-state index in [4.69, 9.17) is 14.2 Å². The van der Waals surface area contributed by atoms with Crippen molar-refractivity contribution in [1.29, 1.82) is 0 Å². The SMILES string of the molecule is C1CC2C3CCC(O3)C2C1.C1CC2C3CCC(S3)C2C1.C1CC2CCC1O2.C1CC2CCC1S2.C1CCOC1.CC.CC.CC.CC.CC.CC.CC.CC.CC.CC.c1ccc2[nH]ccc2c1.c1ccncc1.c1ccoc1.c1cocn1.c1cscn1. The average molecular weight is 1300 g/mol. The van der Waals surface area contributed by atoms with E-state index in [0.29, 0.717) is 24.4 Å². The minimum atomic E-state index is 0.671. The van der Waals surface area contributed by atoms with E-state index in [-0.39, 0.29) is 0 Å². The summed E-state index contributed by atoms with van der Waals surface area (Å²) in [4.78, 5) is 14.2. The van der Waals surface area contributed by atoms with Gasteiger partial charge in [0.25, 0.3) is 0 Å². The molecule has 5 aromatic heterocycles. The molecule has 9 aliphatic heterocycles. The molecule has 12 heteroatoms. The molecular weight excluding hydrogens is 1160 g/mol. The molecule has 2 saturated carbocycles. The smallest absolute Gasteiger partial charge is 0.180 e. The van der Waals surface area contributed by atoms with Crippen LogP contribution in [0.1, 0.15) is 267 Å². The van der Waals surface area contributed by atoms with Gasteiger partial charge in [-0.3, -0.25) is 9.97 Å². The highest BCUT2D eigenvalue weighted by molar-refractivity contribution is 8.01. The summed E-state index contributed by atoms with van der Waals surface area (Å²) in [6.45, 7) is 42.0. The number of aromatic nitrogens is 4. The number of nitrogens with zero attached hydrogens (tertiary/aromatic N) is 3. The van der Waals surface area contributed by atoms with E-state index >= 15 is 0 Å². The molecule has 9 nitrogen and oxygen atoms in total. The van der Waals surface area contributed by atoms with Crippen molar-refractivity contribution in [2.45, 2.75) is 312 Å². The molecule has 514 valence electrons. The second-order valence-corrected chi connectivity index (χ2v) is 23.6. The number of fused-ring (bicyclic) bond motifs is 15. The number of hydrogen-bond donors (Lipinski definition) is 1. The summed E-state index contributed by atoms with van der Waals surface area (Å²) in [6.07, 6.45) is 46.6. The third-order valence-corrected chi connectivity index (χ3v) is 19.4. The minimum absolute atomic E-state index is 0.671. The van der Waals surface area contributed by atoms with Gasteiger partial charge in [0.05, 0.1) is 48.6 Å². The highest BCUT2D eigenvalue weighted by atomic mass is 32.2. The summed E-state index contributed by atoms with van der Waals surface area (Å²) in [5, 5.41) is 7.60. The number of aromatic amines is 1. The minimum Gasteiger partial charge on any atom is -0.473 e. The Hall–Kier alpha value is -3.39. The molecule has 8 bridgehead atoms. The fourth-order valence-corrected chi connectivity index (χ4v) is 16.1. The van der Waals surface area contributed by atoms with Gasteiger partial charge in [-0.05, 0) is 181 Å². The van der Waals surface area contributed by atoms with Crippen molar-refractivity contribution >= 4 is 45.8 Å². The Morgan fingerprint density at radius 3 is 1.18 bits per heavy atom. The normalized spacial score (nSPS) is 25.4. The molecule has 8 unspecified atom stereocenters. The number of benzene rings is 1. The van der Waals surface area contributed by atoms with Crippen LogP contribution in [0.2, 0.25) is 0 Å². The van der Waals surface area contributed by atoms with Crippen LogP contribution >= 0.6 is 34.9 Å². The van der Waals surface area contributed by atoms with Crippen molar-refractivity contribution in [2.24, 2.45) is 23.7 Å². The number of H-pyrrole nitrogens is 1. The van der Waals surface area contributed by atoms with Gasteiger partial charge in [-0.15, -0.1) is 11.3 Å². The topological polar surface area (TPSA) is 108 Å². The number of nitrogens with one attached hydrogen (secondary N) is 1. The first kappa shape index (κ1) is 89.8. The second-order valence-electron chi connectivity index (χ2n) is 19.7. The molecule has 0 spiro atoms. The van der Waals surface area contributed by atoms with Gasteiger partial charge in [0.1, 0.15) is 6.26 Å². The maximum Gasteiger partial charge on any atom is 0.180 e. The number of para-hydroxylation sites is 1. The molecular formula is C77H138N4O5S3. The lowest BCUT2D eigenvalue weighted by Crippen LogP contribution is -2.21. The summed E-state index contributed by atoms with van der Waals surface area (Å²) < 4.78 is 25.3. The molecule has 11 fully saturated rings. The second kappa shape index (κ2) is 67.5. The molecule has 17 rings (SSSR count). The number of furan rings is 1. The molecule has 6 aromatic rings. The van der Waals surface area contributed by atoms with Crippen molar-refractivity contribution in [3.63, 3.8) is 0 Å². The van der Waals surface area contributed by atoms with Crippen molar-refractivity contribution in [3.8, 4) is 0 Å². The largest absolute Gasteiger partial charge is 0.473 e. The van der Waals surface area contributed by atoms with Crippen molar-refractivity contribution in [3.05, 3.63) is 128 Å². The first-order chi connectivity index (χ1) is 44.3. The van der Waals surface area contributed by atoms with E-state index in [1.807, 2.05) is 193 Å². The van der Waals surface area contributed by atoms with Gasteiger partial charge in [0.15, 0.2) is 6.39 Å². The lowest BCUT2D eigenvalue weighted by Gasteiger charge is -2.21. The molecule has 14 heterocycles. The molecule has 8 atom stereocenters. The Morgan fingerprint density at radius 1 is 0.393 bits per heavy atom. The summed E-state index contributed by atoms with van der Waals surface area (Å²) in [5.41, 5.74) is 3.00. The number of pyridine rings is 1. The monoisotopic (exact) mass is 1290 g/mol. The molecule has 9 saturated heterocycles.